The predicted molar refractivity (Wildman–Crippen MR) is 68.4 cm³/mol. The second-order valence-corrected chi connectivity index (χ2v) is 7.18. The number of hydrogen-bond donors (Lipinski definition) is 1. The number of aromatic carboxylic acids is 1. The topological polar surface area (TPSA) is 71.4 Å². The normalized spacial score (nSPS) is 18.7. The van der Waals surface area contributed by atoms with Gasteiger partial charge in [-0.15, -0.1) is 0 Å². The van der Waals surface area contributed by atoms with Gasteiger partial charge >= 0.3 is 5.97 Å². The molecule has 0 spiro atoms. The molecule has 0 heterocycles. The van der Waals surface area contributed by atoms with Crippen LogP contribution >= 0.6 is 0 Å². The summed E-state index contributed by atoms with van der Waals surface area (Å²) in [5, 5.41) is 8.85. The Morgan fingerprint density at radius 1 is 1.17 bits per heavy atom. The van der Waals surface area contributed by atoms with Crippen molar-refractivity contribution in [2.45, 2.75) is 30.4 Å². The molecule has 0 radical (unpaired) electrons. The van der Waals surface area contributed by atoms with Crippen LogP contribution in [0.5, 0.6) is 0 Å². The van der Waals surface area contributed by atoms with Crippen LogP contribution < -0.4 is 0 Å². The van der Waals surface area contributed by atoms with Crippen LogP contribution in [-0.4, -0.2) is 25.7 Å². The lowest BCUT2D eigenvalue weighted by Gasteiger charge is -2.27. The highest BCUT2D eigenvalue weighted by molar-refractivity contribution is 7.91. The number of sulfone groups is 1. The van der Waals surface area contributed by atoms with Crippen molar-refractivity contribution in [3.05, 3.63) is 35.4 Å². The van der Waals surface area contributed by atoms with Gasteiger partial charge in [0.05, 0.1) is 10.3 Å². The summed E-state index contributed by atoms with van der Waals surface area (Å²) in [5.74, 6) is -0.999. The Kier molecular flexibility index (Phi) is 3.19. The summed E-state index contributed by atoms with van der Waals surface area (Å²) in [6.45, 7) is 0. The van der Waals surface area contributed by atoms with Gasteiger partial charge in [-0.2, -0.15) is 0 Å². The largest absolute Gasteiger partial charge is 0.478 e. The monoisotopic (exact) mass is 268 g/mol. The minimum atomic E-state index is -3.20. The Bertz CT molecular complexity index is 551. The first-order chi connectivity index (χ1) is 8.37. The molecule has 0 aliphatic heterocycles. The second kappa shape index (κ2) is 4.39. The summed E-state index contributed by atoms with van der Waals surface area (Å²) >= 11 is 0. The third kappa shape index (κ3) is 2.03. The number of hydrogen-bond acceptors (Lipinski definition) is 3. The molecule has 0 bridgehead atoms. The van der Waals surface area contributed by atoms with E-state index in [1.807, 2.05) is 0 Å². The lowest BCUT2D eigenvalue weighted by Crippen LogP contribution is -2.32. The molecule has 2 rings (SSSR count). The van der Waals surface area contributed by atoms with Crippen molar-refractivity contribution in [3.63, 3.8) is 0 Å². The van der Waals surface area contributed by atoms with E-state index >= 15 is 0 Å². The van der Waals surface area contributed by atoms with E-state index in [4.69, 9.17) is 5.11 Å². The van der Waals surface area contributed by atoms with Gasteiger partial charge in [0.2, 0.25) is 0 Å². The van der Waals surface area contributed by atoms with Crippen molar-refractivity contribution in [1.29, 1.82) is 0 Å². The van der Waals surface area contributed by atoms with Gasteiger partial charge in [-0.1, -0.05) is 25.0 Å². The third-order valence-electron chi connectivity index (χ3n) is 3.78. The van der Waals surface area contributed by atoms with Crippen LogP contribution in [0.3, 0.4) is 0 Å². The van der Waals surface area contributed by atoms with Crippen molar-refractivity contribution >= 4 is 15.8 Å². The predicted octanol–water partition coefficient (Wildman–Crippen LogP) is 2.20. The van der Waals surface area contributed by atoms with Gasteiger partial charge in [0.1, 0.15) is 0 Å². The minimum absolute atomic E-state index is 0.181. The molecule has 0 amide bonds. The zero-order valence-corrected chi connectivity index (χ0v) is 11.0. The quantitative estimate of drug-likeness (QED) is 0.912. The molecule has 0 unspecified atom stereocenters. The van der Waals surface area contributed by atoms with Crippen LogP contribution in [0.4, 0.5) is 0 Å². The Morgan fingerprint density at radius 3 is 2.06 bits per heavy atom. The molecule has 18 heavy (non-hydrogen) atoms. The Balaban J connectivity index is 2.48. The molecular formula is C13H16O4S. The van der Waals surface area contributed by atoms with Gasteiger partial charge < -0.3 is 5.11 Å². The molecule has 0 saturated heterocycles. The molecule has 1 saturated carbocycles. The fraction of sp³-hybridized carbons (Fsp3) is 0.462. The summed E-state index contributed by atoms with van der Waals surface area (Å²) in [6.07, 6.45) is 4.31. The van der Waals surface area contributed by atoms with Gasteiger partial charge in [0, 0.05) is 6.26 Å². The summed E-state index contributed by atoms with van der Waals surface area (Å²) in [5.41, 5.74) is 0.896. The van der Waals surface area contributed by atoms with E-state index in [-0.39, 0.29) is 5.56 Å². The first kappa shape index (κ1) is 13.1. The minimum Gasteiger partial charge on any atom is -0.478 e. The molecule has 98 valence electrons. The summed E-state index contributed by atoms with van der Waals surface area (Å²) in [6, 6.07) is 6.22. The van der Waals surface area contributed by atoms with Gasteiger partial charge in [-0.3, -0.25) is 0 Å². The number of carboxylic acids is 1. The average Bonchev–Trinajstić information content (AvgIpc) is 2.78. The zero-order chi connectivity index (χ0) is 13.4. The zero-order valence-electron chi connectivity index (χ0n) is 10.2. The molecule has 1 N–H and O–H groups in total. The first-order valence-electron chi connectivity index (χ1n) is 5.90. The molecule has 1 aliphatic rings. The molecule has 5 heteroatoms. The first-order valence-corrected chi connectivity index (χ1v) is 7.79. The lowest BCUT2D eigenvalue weighted by molar-refractivity contribution is 0.0697. The van der Waals surface area contributed by atoms with E-state index in [0.29, 0.717) is 18.4 Å². The molecule has 4 nitrogen and oxygen atoms in total. The summed E-state index contributed by atoms with van der Waals surface area (Å²) in [7, 11) is -3.20. The van der Waals surface area contributed by atoms with Crippen molar-refractivity contribution in [1.82, 2.24) is 0 Å². The molecule has 1 aromatic rings. The molecule has 0 atom stereocenters. The Hall–Kier alpha value is -1.36. The van der Waals surface area contributed by atoms with Gasteiger partial charge in [-0.05, 0) is 30.5 Å². The van der Waals surface area contributed by atoms with Crippen molar-refractivity contribution < 1.29 is 18.3 Å². The van der Waals surface area contributed by atoms with Crippen LogP contribution in [0.15, 0.2) is 24.3 Å². The van der Waals surface area contributed by atoms with Crippen molar-refractivity contribution in [3.8, 4) is 0 Å². The smallest absolute Gasteiger partial charge is 0.335 e. The maximum Gasteiger partial charge on any atom is 0.335 e. The van der Waals surface area contributed by atoms with E-state index in [2.05, 4.69) is 0 Å². The number of benzene rings is 1. The van der Waals surface area contributed by atoms with E-state index in [1.54, 1.807) is 12.1 Å². The van der Waals surface area contributed by atoms with Crippen LogP contribution in [-0.2, 0) is 14.6 Å². The van der Waals surface area contributed by atoms with Crippen LogP contribution in [0, 0.1) is 0 Å². The van der Waals surface area contributed by atoms with Crippen LogP contribution in [0.1, 0.15) is 41.6 Å². The van der Waals surface area contributed by atoms with E-state index < -0.39 is 20.6 Å². The van der Waals surface area contributed by atoms with Crippen LogP contribution in [0.2, 0.25) is 0 Å². The highest BCUT2D eigenvalue weighted by atomic mass is 32.2. The highest BCUT2D eigenvalue weighted by Gasteiger charge is 2.44. The maximum atomic E-state index is 12.1. The maximum absolute atomic E-state index is 12.1. The number of carbonyl (C=O) groups is 1. The average molecular weight is 268 g/mol. The van der Waals surface area contributed by atoms with Crippen molar-refractivity contribution in [2.24, 2.45) is 0 Å². The highest BCUT2D eigenvalue weighted by Crippen LogP contribution is 2.45. The van der Waals surface area contributed by atoms with E-state index in [9.17, 15) is 13.2 Å². The van der Waals surface area contributed by atoms with E-state index in [1.165, 1.54) is 18.4 Å². The fourth-order valence-corrected chi connectivity index (χ4v) is 4.33. The number of rotatable bonds is 3. The van der Waals surface area contributed by atoms with Crippen LogP contribution in [0.25, 0.3) is 0 Å². The Morgan fingerprint density at radius 2 is 1.67 bits per heavy atom. The van der Waals surface area contributed by atoms with E-state index in [0.717, 1.165) is 12.8 Å². The van der Waals surface area contributed by atoms with Gasteiger partial charge in [0.25, 0.3) is 0 Å². The molecule has 1 aromatic carbocycles. The summed E-state index contributed by atoms with van der Waals surface area (Å²) < 4.78 is 23.3. The molecule has 1 fully saturated rings. The van der Waals surface area contributed by atoms with Crippen molar-refractivity contribution in [2.75, 3.05) is 6.26 Å². The second-order valence-electron chi connectivity index (χ2n) is 4.86. The fourth-order valence-electron chi connectivity index (χ4n) is 2.74. The summed E-state index contributed by atoms with van der Waals surface area (Å²) in [4.78, 5) is 10.8. The standard InChI is InChI=1S/C13H16O4S/c1-18(16,17)13(8-2-3-9-13)11-6-4-10(5-7-11)12(14)15/h4-7H,2-3,8-9H2,1H3,(H,14,15). The number of carboxylic acid groups (broad SMARTS) is 1. The molecular weight excluding hydrogens is 252 g/mol. The molecule has 1 aliphatic carbocycles. The SMILES string of the molecule is CS(=O)(=O)C1(c2ccc(C(=O)O)cc2)CCCC1. The van der Waals surface area contributed by atoms with Gasteiger partial charge in [-0.25, -0.2) is 13.2 Å². The Labute approximate surface area is 107 Å². The lowest BCUT2D eigenvalue weighted by atomic mass is 9.95. The molecule has 0 aromatic heterocycles. The third-order valence-corrected chi connectivity index (χ3v) is 5.84. The van der Waals surface area contributed by atoms with Gasteiger partial charge in [0.15, 0.2) is 9.84 Å².